The van der Waals surface area contributed by atoms with E-state index in [0.717, 1.165) is 11.4 Å². The molecule has 1 amide bonds. The van der Waals surface area contributed by atoms with Crippen molar-refractivity contribution in [1.29, 1.82) is 0 Å². The number of hydrogen-bond acceptors (Lipinski definition) is 5. The Kier molecular flexibility index (Phi) is 3.18. The fourth-order valence-corrected chi connectivity index (χ4v) is 1.55. The summed E-state index contributed by atoms with van der Waals surface area (Å²) >= 11 is 0. The van der Waals surface area contributed by atoms with Gasteiger partial charge in [0, 0.05) is 17.6 Å². The number of rotatable bonds is 2. The monoisotopic (exact) mass is 243 g/mol. The van der Waals surface area contributed by atoms with Crippen LogP contribution in [0.4, 0.5) is 11.6 Å². The number of nitrogens with zero attached hydrogens (tertiary/aromatic N) is 3. The average molecular weight is 243 g/mol. The number of hydrogen-bond donors (Lipinski definition) is 2. The van der Waals surface area contributed by atoms with E-state index in [0.29, 0.717) is 5.69 Å². The number of aromatic nitrogens is 3. The van der Waals surface area contributed by atoms with Crippen LogP contribution < -0.4 is 11.1 Å². The quantitative estimate of drug-likeness (QED) is 0.829. The van der Waals surface area contributed by atoms with Gasteiger partial charge in [0.15, 0.2) is 5.69 Å². The first-order valence-electron chi connectivity index (χ1n) is 5.40. The SMILES string of the molecule is Cc1cc(C)nc(NC(=O)c2ncccc2N)n1. The zero-order valence-electron chi connectivity index (χ0n) is 10.1. The van der Waals surface area contributed by atoms with Crippen molar-refractivity contribution >= 4 is 17.5 Å². The van der Waals surface area contributed by atoms with E-state index in [1.54, 1.807) is 12.1 Å². The third-order valence-corrected chi connectivity index (χ3v) is 2.26. The topological polar surface area (TPSA) is 93.8 Å². The third-order valence-electron chi connectivity index (χ3n) is 2.26. The van der Waals surface area contributed by atoms with Gasteiger partial charge in [0.1, 0.15) is 0 Å². The lowest BCUT2D eigenvalue weighted by Gasteiger charge is -2.06. The molecule has 0 atom stereocenters. The van der Waals surface area contributed by atoms with Crippen LogP contribution in [0.1, 0.15) is 21.9 Å². The van der Waals surface area contributed by atoms with Crippen LogP contribution in [0.25, 0.3) is 0 Å². The summed E-state index contributed by atoms with van der Waals surface area (Å²) in [6.07, 6.45) is 1.51. The number of nitrogens with two attached hydrogens (primary N) is 1. The summed E-state index contributed by atoms with van der Waals surface area (Å²) in [6, 6.07) is 5.11. The number of nitrogens with one attached hydrogen (secondary N) is 1. The molecule has 0 aliphatic heterocycles. The molecule has 6 nitrogen and oxygen atoms in total. The van der Waals surface area contributed by atoms with Crippen molar-refractivity contribution in [3.63, 3.8) is 0 Å². The largest absolute Gasteiger partial charge is 0.397 e. The Morgan fingerprint density at radius 3 is 2.56 bits per heavy atom. The summed E-state index contributed by atoms with van der Waals surface area (Å²) in [5.74, 6) is -0.166. The van der Waals surface area contributed by atoms with Gasteiger partial charge in [-0.1, -0.05) is 0 Å². The smallest absolute Gasteiger partial charge is 0.278 e. The van der Waals surface area contributed by atoms with E-state index in [1.807, 2.05) is 19.9 Å². The van der Waals surface area contributed by atoms with Gasteiger partial charge >= 0.3 is 0 Å². The molecule has 0 aliphatic rings. The molecule has 0 unspecified atom stereocenters. The summed E-state index contributed by atoms with van der Waals surface area (Å²) in [6.45, 7) is 3.67. The Labute approximate surface area is 104 Å². The lowest BCUT2D eigenvalue weighted by atomic mass is 10.3. The summed E-state index contributed by atoms with van der Waals surface area (Å²) in [5.41, 5.74) is 7.72. The molecule has 0 bridgehead atoms. The minimum atomic E-state index is -0.418. The molecule has 0 saturated heterocycles. The summed E-state index contributed by atoms with van der Waals surface area (Å²) < 4.78 is 0. The number of pyridine rings is 1. The molecule has 0 radical (unpaired) electrons. The molecule has 0 saturated carbocycles. The number of amides is 1. The van der Waals surface area contributed by atoms with E-state index in [4.69, 9.17) is 5.73 Å². The van der Waals surface area contributed by atoms with Gasteiger partial charge in [-0.05, 0) is 32.0 Å². The van der Waals surface area contributed by atoms with Crippen LogP contribution in [0, 0.1) is 13.8 Å². The number of carbonyl (C=O) groups excluding carboxylic acids is 1. The van der Waals surface area contributed by atoms with Crippen LogP contribution in [0.3, 0.4) is 0 Å². The Bertz CT molecular complexity index is 577. The van der Waals surface area contributed by atoms with E-state index in [9.17, 15) is 4.79 Å². The molecular formula is C12H13N5O. The van der Waals surface area contributed by atoms with Gasteiger partial charge in [0.05, 0.1) is 5.69 Å². The molecule has 92 valence electrons. The third kappa shape index (κ3) is 2.60. The summed E-state index contributed by atoms with van der Waals surface area (Å²) in [7, 11) is 0. The molecule has 2 aromatic rings. The molecule has 0 aromatic carbocycles. The first kappa shape index (κ1) is 12.0. The van der Waals surface area contributed by atoms with Crippen molar-refractivity contribution in [2.24, 2.45) is 0 Å². The Hall–Kier alpha value is -2.50. The lowest BCUT2D eigenvalue weighted by molar-refractivity contribution is 0.102. The summed E-state index contributed by atoms with van der Waals surface area (Å²) in [4.78, 5) is 24.1. The van der Waals surface area contributed by atoms with Crippen molar-refractivity contribution < 1.29 is 4.79 Å². The minimum Gasteiger partial charge on any atom is -0.397 e. The van der Waals surface area contributed by atoms with Crippen LogP contribution in [-0.4, -0.2) is 20.9 Å². The van der Waals surface area contributed by atoms with Gasteiger partial charge in [-0.15, -0.1) is 0 Å². The van der Waals surface area contributed by atoms with Crippen LogP contribution in [0.5, 0.6) is 0 Å². The first-order chi connectivity index (χ1) is 8.56. The van der Waals surface area contributed by atoms with E-state index < -0.39 is 5.91 Å². The van der Waals surface area contributed by atoms with E-state index >= 15 is 0 Å². The zero-order chi connectivity index (χ0) is 13.1. The standard InChI is InChI=1S/C12H13N5O/c1-7-6-8(2)16-12(15-7)17-11(18)10-9(13)4-3-5-14-10/h3-6H,13H2,1-2H3,(H,15,16,17,18). The fraction of sp³-hybridized carbons (Fsp3) is 0.167. The van der Waals surface area contributed by atoms with Crippen molar-refractivity contribution in [2.75, 3.05) is 11.1 Å². The Balaban J connectivity index is 2.24. The van der Waals surface area contributed by atoms with E-state index in [-0.39, 0.29) is 11.6 Å². The van der Waals surface area contributed by atoms with Crippen molar-refractivity contribution in [3.8, 4) is 0 Å². The van der Waals surface area contributed by atoms with E-state index in [2.05, 4.69) is 20.3 Å². The second kappa shape index (κ2) is 4.79. The van der Waals surface area contributed by atoms with Gasteiger partial charge in [0.2, 0.25) is 5.95 Å². The second-order valence-corrected chi connectivity index (χ2v) is 3.87. The number of carbonyl (C=O) groups is 1. The molecule has 2 rings (SSSR count). The maximum atomic E-state index is 11.9. The first-order valence-corrected chi connectivity index (χ1v) is 5.40. The highest BCUT2D eigenvalue weighted by Crippen LogP contribution is 2.10. The van der Waals surface area contributed by atoms with Crippen LogP contribution in [0.2, 0.25) is 0 Å². The Morgan fingerprint density at radius 2 is 1.94 bits per heavy atom. The van der Waals surface area contributed by atoms with Crippen LogP contribution in [-0.2, 0) is 0 Å². The van der Waals surface area contributed by atoms with Crippen molar-refractivity contribution in [2.45, 2.75) is 13.8 Å². The maximum Gasteiger partial charge on any atom is 0.278 e. The molecule has 6 heteroatoms. The molecule has 0 aliphatic carbocycles. The van der Waals surface area contributed by atoms with E-state index in [1.165, 1.54) is 6.20 Å². The minimum absolute atomic E-state index is 0.167. The van der Waals surface area contributed by atoms with Gasteiger partial charge in [0.25, 0.3) is 5.91 Å². The predicted octanol–water partition coefficient (Wildman–Crippen LogP) is 1.32. The highest BCUT2D eigenvalue weighted by Gasteiger charge is 2.12. The van der Waals surface area contributed by atoms with Crippen LogP contribution in [0.15, 0.2) is 24.4 Å². The van der Waals surface area contributed by atoms with Gasteiger partial charge in [-0.2, -0.15) is 0 Å². The number of aryl methyl sites for hydroxylation is 2. The second-order valence-electron chi connectivity index (χ2n) is 3.87. The number of anilines is 2. The molecule has 0 spiro atoms. The molecule has 0 fully saturated rings. The van der Waals surface area contributed by atoms with Gasteiger partial charge in [-0.3, -0.25) is 10.1 Å². The molecule has 18 heavy (non-hydrogen) atoms. The molecule has 2 heterocycles. The van der Waals surface area contributed by atoms with Gasteiger partial charge < -0.3 is 5.73 Å². The lowest BCUT2D eigenvalue weighted by Crippen LogP contribution is -2.17. The normalized spacial score (nSPS) is 10.1. The molecule has 2 aromatic heterocycles. The van der Waals surface area contributed by atoms with Crippen LogP contribution >= 0.6 is 0 Å². The van der Waals surface area contributed by atoms with Crippen molar-refractivity contribution in [3.05, 3.63) is 41.5 Å². The molecular weight excluding hydrogens is 230 g/mol. The fourth-order valence-electron chi connectivity index (χ4n) is 1.55. The predicted molar refractivity (Wildman–Crippen MR) is 68.1 cm³/mol. The van der Waals surface area contributed by atoms with Gasteiger partial charge in [-0.25, -0.2) is 15.0 Å². The number of nitrogen functional groups attached to an aromatic ring is 1. The summed E-state index contributed by atoms with van der Waals surface area (Å²) in [5, 5.41) is 2.58. The molecule has 3 N–H and O–H groups in total. The average Bonchev–Trinajstić information content (AvgIpc) is 2.27. The highest BCUT2D eigenvalue weighted by molar-refractivity contribution is 6.05. The Morgan fingerprint density at radius 1 is 1.28 bits per heavy atom. The zero-order valence-corrected chi connectivity index (χ0v) is 10.1. The van der Waals surface area contributed by atoms with Crippen molar-refractivity contribution in [1.82, 2.24) is 15.0 Å². The highest BCUT2D eigenvalue weighted by atomic mass is 16.2. The maximum absolute atomic E-state index is 11.9.